The molecule has 0 bridgehead atoms. The van der Waals surface area contributed by atoms with Crippen molar-refractivity contribution in [3.63, 3.8) is 0 Å². The highest BCUT2D eigenvalue weighted by Crippen LogP contribution is 2.26. The number of anilines is 1. The van der Waals surface area contributed by atoms with E-state index in [1.165, 1.54) is 6.39 Å². The van der Waals surface area contributed by atoms with E-state index in [1.807, 2.05) is 26.2 Å². The molecule has 1 heterocycles. The van der Waals surface area contributed by atoms with Crippen LogP contribution in [0.15, 0.2) is 35.1 Å². The molecule has 0 aliphatic rings. The van der Waals surface area contributed by atoms with Crippen molar-refractivity contribution in [3.05, 3.63) is 36.4 Å². The van der Waals surface area contributed by atoms with E-state index >= 15 is 0 Å². The van der Waals surface area contributed by atoms with Crippen molar-refractivity contribution in [1.82, 2.24) is 10.3 Å². The standard InChI is InChI=1S/C15H21N3O/c1-11(2)16-9-14-15(19-10-17-14)12-6-5-7-13(8-12)18(3)4/h5-8,10-11,16H,9H2,1-4H3. The van der Waals surface area contributed by atoms with Gasteiger partial charge in [-0.05, 0) is 12.1 Å². The van der Waals surface area contributed by atoms with Gasteiger partial charge in [0.05, 0.1) is 0 Å². The van der Waals surface area contributed by atoms with Gasteiger partial charge in [-0.2, -0.15) is 0 Å². The second kappa shape index (κ2) is 5.89. The molecule has 0 fully saturated rings. The fourth-order valence-electron chi connectivity index (χ4n) is 1.86. The number of hydrogen-bond donors (Lipinski definition) is 1. The molecule has 0 saturated carbocycles. The first-order valence-corrected chi connectivity index (χ1v) is 6.51. The van der Waals surface area contributed by atoms with Crippen LogP contribution in [0.25, 0.3) is 11.3 Å². The maximum absolute atomic E-state index is 5.55. The predicted octanol–water partition coefficient (Wildman–Crippen LogP) is 2.91. The smallest absolute Gasteiger partial charge is 0.181 e. The van der Waals surface area contributed by atoms with E-state index in [0.29, 0.717) is 6.04 Å². The molecule has 102 valence electrons. The monoisotopic (exact) mass is 259 g/mol. The molecule has 0 aliphatic heterocycles. The van der Waals surface area contributed by atoms with Crippen LogP contribution < -0.4 is 10.2 Å². The van der Waals surface area contributed by atoms with Gasteiger partial charge in [-0.1, -0.05) is 26.0 Å². The van der Waals surface area contributed by atoms with E-state index in [2.05, 4.69) is 41.2 Å². The average Bonchev–Trinajstić information content (AvgIpc) is 2.84. The van der Waals surface area contributed by atoms with Crippen LogP contribution in [0.1, 0.15) is 19.5 Å². The van der Waals surface area contributed by atoms with Crippen LogP contribution in [0, 0.1) is 0 Å². The summed E-state index contributed by atoms with van der Waals surface area (Å²) in [6.45, 7) is 4.95. The summed E-state index contributed by atoms with van der Waals surface area (Å²) in [7, 11) is 4.06. The van der Waals surface area contributed by atoms with Gasteiger partial charge >= 0.3 is 0 Å². The topological polar surface area (TPSA) is 41.3 Å². The highest BCUT2D eigenvalue weighted by molar-refractivity contribution is 5.65. The second-order valence-corrected chi connectivity index (χ2v) is 5.11. The van der Waals surface area contributed by atoms with Crippen LogP contribution in [0.4, 0.5) is 5.69 Å². The third-order valence-corrected chi connectivity index (χ3v) is 2.94. The summed E-state index contributed by atoms with van der Waals surface area (Å²) in [6.07, 6.45) is 1.51. The van der Waals surface area contributed by atoms with Gasteiger partial charge in [-0.3, -0.25) is 0 Å². The Bertz CT molecular complexity index is 532. The lowest BCUT2D eigenvalue weighted by Crippen LogP contribution is -2.22. The number of oxazole rings is 1. The largest absolute Gasteiger partial charge is 0.443 e. The number of rotatable bonds is 5. The third kappa shape index (κ3) is 3.35. The molecule has 0 saturated heterocycles. The summed E-state index contributed by atoms with van der Waals surface area (Å²) in [5.74, 6) is 0.844. The minimum atomic E-state index is 0.428. The van der Waals surface area contributed by atoms with Crippen molar-refractivity contribution in [3.8, 4) is 11.3 Å². The lowest BCUT2D eigenvalue weighted by molar-refractivity contribution is 0.563. The lowest BCUT2D eigenvalue weighted by Gasteiger charge is -2.13. The van der Waals surface area contributed by atoms with Crippen LogP contribution in [-0.2, 0) is 6.54 Å². The van der Waals surface area contributed by atoms with E-state index < -0.39 is 0 Å². The number of hydrogen-bond acceptors (Lipinski definition) is 4. The van der Waals surface area contributed by atoms with Gasteiger partial charge in [-0.25, -0.2) is 4.98 Å². The third-order valence-electron chi connectivity index (χ3n) is 2.94. The highest BCUT2D eigenvalue weighted by atomic mass is 16.3. The van der Waals surface area contributed by atoms with Crippen LogP contribution >= 0.6 is 0 Å². The molecule has 4 nitrogen and oxygen atoms in total. The highest BCUT2D eigenvalue weighted by Gasteiger charge is 2.11. The Kier molecular flexibility index (Phi) is 4.22. The zero-order chi connectivity index (χ0) is 13.8. The summed E-state index contributed by atoms with van der Waals surface area (Å²) in [4.78, 5) is 6.37. The summed E-state index contributed by atoms with van der Waals surface area (Å²) in [5, 5.41) is 3.36. The van der Waals surface area contributed by atoms with Gasteiger partial charge in [0.2, 0.25) is 0 Å². The van der Waals surface area contributed by atoms with E-state index in [9.17, 15) is 0 Å². The van der Waals surface area contributed by atoms with E-state index in [0.717, 1.165) is 29.2 Å². The molecule has 1 N–H and O–H groups in total. The maximum atomic E-state index is 5.55. The average molecular weight is 259 g/mol. The molecule has 0 unspecified atom stereocenters. The molecule has 2 aromatic rings. The van der Waals surface area contributed by atoms with Gasteiger partial charge in [-0.15, -0.1) is 0 Å². The van der Waals surface area contributed by atoms with Crippen molar-refractivity contribution in [1.29, 1.82) is 0 Å². The van der Waals surface area contributed by atoms with Gasteiger partial charge in [0.15, 0.2) is 12.2 Å². The predicted molar refractivity (Wildman–Crippen MR) is 78.2 cm³/mol. The number of nitrogens with one attached hydrogen (secondary N) is 1. The van der Waals surface area contributed by atoms with Crippen molar-refractivity contribution in [2.75, 3.05) is 19.0 Å². The van der Waals surface area contributed by atoms with E-state index in [1.54, 1.807) is 0 Å². The van der Waals surface area contributed by atoms with Crippen LogP contribution in [0.5, 0.6) is 0 Å². The van der Waals surface area contributed by atoms with Crippen LogP contribution in [-0.4, -0.2) is 25.1 Å². The summed E-state index contributed by atoms with van der Waals surface area (Å²) in [6, 6.07) is 8.70. The molecule has 0 atom stereocenters. The number of aromatic nitrogens is 1. The molecule has 2 rings (SSSR count). The molecule has 0 amide bonds. The molecular formula is C15H21N3O. The molecule has 0 radical (unpaired) electrons. The Morgan fingerprint density at radius 2 is 2.11 bits per heavy atom. The number of nitrogens with zero attached hydrogens (tertiary/aromatic N) is 2. The minimum Gasteiger partial charge on any atom is -0.443 e. The maximum Gasteiger partial charge on any atom is 0.181 e. The Hall–Kier alpha value is -1.81. The van der Waals surface area contributed by atoms with Crippen LogP contribution in [0.3, 0.4) is 0 Å². The first kappa shape index (κ1) is 13.6. The Balaban J connectivity index is 2.26. The minimum absolute atomic E-state index is 0.428. The van der Waals surface area contributed by atoms with Crippen LogP contribution in [0.2, 0.25) is 0 Å². The SMILES string of the molecule is CC(C)NCc1ncoc1-c1cccc(N(C)C)c1. The Labute approximate surface area is 114 Å². The van der Waals surface area contributed by atoms with Crippen molar-refractivity contribution >= 4 is 5.69 Å². The quantitative estimate of drug-likeness (QED) is 0.896. The van der Waals surface area contributed by atoms with Gasteiger partial charge in [0, 0.05) is 37.9 Å². The fourth-order valence-corrected chi connectivity index (χ4v) is 1.86. The van der Waals surface area contributed by atoms with Gasteiger partial charge < -0.3 is 14.6 Å². The fraction of sp³-hybridized carbons (Fsp3) is 0.400. The zero-order valence-corrected chi connectivity index (χ0v) is 12.0. The first-order valence-electron chi connectivity index (χ1n) is 6.51. The number of benzene rings is 1. The zero-order valence-electron chi connectivity index (χ0n) is 12.0. The second-order valence-electron chi connectivity index (χ2n) is 5.11. The molecule has 0 spiro atoms. The Morgan fingerprint density at radius 1 is 1.32 bits per heavy atom. The summed E-state index contributed by atoms with van der Waals surface area (Å²) in [5.41, 5.74) is 3.16. The molecule has 19 heavy (non-hydrogen) atoms. The molecule has 1 aromatic carbocycles. The van der Waals surface area contributed by atoms with Crippen molar-refractivity contribution in [2.45, 2.75) is 26.4 Å². The molecular weight excluding hydrogens is 238 g/mol. The van der Waals surface area contributed by atoms with Gasteiger partial charge in [0.1, 0.15) is 5.69 Å². The first-order chi connectivity index (χ1) is 9.08. The normalized spacial score (nSPS) is 11.0. The van der Waals surface area contributed by atoms with E-state index in [-0.39, 0.29) is 0 Å². The molecule has 1 aromatic heterocycles. The van der Waals surface area contributed by atoms with Gasteiger partial charge in [0.25, 0.3) is 0 Å². The summed E-state index contributed by atoms with van der Waals surface area (Å²) >= 11 is 0. The summed E-state index contributed by atoms with van der Waals surface area (Å²) < 4.78 is 5.55. The van der Waals surface area contributed by atoms with E-state index in [4.69, 9.17) is 4.42 Å². The van der Waals surface area contributed by atoms with Crippen molar-refractivity contribution < 1.29 is 4.42 Å². The lowest BCUT2D eigenvalue weighted by atomic mass is 10.1. The molecule has 4 heteroatoms. The molecule has 0 aliphatic carbocycles. The Morgan fingerprint density at radius 3 is 2.79 bits per heavy atom. The van der Waals surface area contributed by atoms with Crippen molar-refractivity contribution in [2.24, 2.45) is 0 Å².